The van der Waals surface area contributed by atoms with Crippen molar-refractivity contribution in [3.8, 4) is 11.5 Å². The lowest BCUT2D eigenvalue weighted by Crippen LogP contribution is -2.20. The molecule has 5 heteroatoms. The summed E-state index contributed by atoms with van der Waals surface area (Å²) in [6.07, 6.45) is 6.82. The van der Waals surface area contributed by atoms with E-state index in [2.05, 4.69) is 17.1 Å². The highest BCUT2D eigenvalue weighted by molar-refractivity contribution is 5.72. The molecule has 0 fully saturated rings. The number of nitrogens with zero attached hydrogens (tertiary/aromatic N) is 2. The molecule has 0 aliphatic rings. The number of carboxylic acid groups (broad SMARTS) is 1. The van der Waals surface area contributed by atoms with Crippen LogP contribution in [0.2, 0.25) is 0 Å². The van der Waals surface area contributed by atoms with Crippen molar-refractivity contribution in [2.24, 2.45) is 0 Å². The molecular weight excluding hydrogens is 388 g/mol. The summed E-state index contributed by atoms with van der Waals surface area (Å²) in [4.78, 5) is 16.3. The van der Waals surface area contributed by atoms with Gasteiger partial charge in [0.05, 0.1) is 5.69 Å². The van der Waals surface area contributed by atoms with Gasteiger partial charge in [0, 0.05) is 24.4 Å². The van der Waals surface area contributed by atoms with E-state index < -0.39 is 12.0 Å². The molecule has 4 aromatic rings. The van der Waals surface area contributed by atoms with Gasteiger partial charge in [-0.2, -0.15) is 0 Å². The van der Waals surface area contributed by atoms with Crippen LogP contribution in [0.25, 0.3) is 11.5 Å². The van der Waals surface area contributed by atoms with Gasteiger partial charge in [-0.25, -0.2) is 9.78 Å². The summed E-state index contributed by atoms with van der Waals surface area (Å²) in [6.45, 7) is 1.97. The van der Waals surface area contributed by atoms with Crippen LogP contribution in [0.1, 0.15) is 35.0 Å². The maximum atomic E-state index is 11.6. The number of carbonyl (C=O) groups is 1. The second-order valence-electron chi connectivity index (χ2n) is 7.75. The maximum absolute atomic E-state index is 11.6. The van der Waals surface area contributed by atoms with Crippen molar-refractivity contribution >= 4 is 5.97 Å². The van der Waals surface area contributed by atoms with E-state index in [1.54, 1.807) is 17.0 Å². The molecule has 158 valence electrons. The Kier molecular flexibility index (Phi) is 6.32. The van der Waals surface area contributed by atoms with Crippen LogP contribution in [-0.2, 0) is 24.1 Å². The molecule has 0 aliphatic heterocycles. The first-order chi connectivity index (χ1) is 15.1. The zero-order chi connectivity index (χ0) is 21.6. The Balaban J connectivity index is 1.33. The fraction of sp³-hybridized carbons (Fsp3) is 0.231. The molecule has 1 N–H and O–H groups in total. The molecule has 2 aromatic heterocycles. The van der Waals surface area contributed by atoms with Crippen LogP contribution in [0.3, 0.4) is 0 Å². The molecule has 0 spiro atoms. The van der Waals surface area contributed by atoms with E-state index in [-0.39, 0.29) is 0 Å². The van der Waals surface area contributed by atoms with Crippen molar-refractivity contribution in [1.82, 2.24) is 9.55 Å². The van der Waals surface area contributed by atoms with Gasteiger partial charge in [-0.05, 0) is 61.6 Å². The van der Waals surface area contributed by atoms with Gasteiger partial charge in [0.15, 0.2) is 0 Å². The van der Waals surface area contributed by atoms with Crippen molar-refractivity contribution < 1.29 is 14.3 Å². The normalized spacial score (nSPS) is 12.0. The van der Waals surface area contributed by atoms with Gasteiger partial charge in [-0.15, -0.1) is 0 Å². The molecule has 2 heterocycles. The van der Waals surface area contributed by atoms with Crippen molar-refractivity contribution in [2.75, 3.05) is 0 Å². The third-order valence-corrected chi connectivity index (χ3v) is 5.52. The Morgan fingerprint density at radius 1 is 0.968 bits per heavy atom. The first-order valence-electron chi connectivity index (χ1n) is 10.5. The first kappa shape index (κ1) is 20.7. The number of aromatic nitrogens is 2. The molecule has 1 atom stereocenters. The number of carboxylic acids is 1. The highest BCUT2D eigenvalue weighted by Crippen LogP contribution is 2.23. The largest absolute Gasteiger partial charge is 0.480 e. The molecule has 0 amide bonds. The van der Waals surface area contributed by atoms with Crippen LogP contribution in [0.4, 0.5) is 0 Å². The number of oxazole rings is 1. The standard InChI is InChI=1S/C26H26N2O3/c1-19-23(27-25(31-19)22-9-3-2-4-10-22)11-7-8-20-12-14-21(15-13-20)18-24(26(29)30)28-16-5-6-17-28/h2-6,9-10,12-17,24H,7-8,11,18H2,1H3,(H,29,30). The topological polar surface area (TPSA) is 68.3 Å². The molecule has 5 nitrogen and oxygen atoms in total. The summed E-state index contributed by atoms with van der Waals surface area (Å²) in [5.41, 5.74) is 4.25. The van der Waals surface area contributed by atoms with Gasteiger partial charge in [0.2, 0.25) is 5.89 Å². The monoisotopic (exact) mass is 414 g/mol. The van der Waals surface area contributed by atoms with Gasteiger partial charge in [0.25, 0.3) is 0 Å². The summed E-state index contributed by atoms with van der Waals surface area (Å²) < 4.78 is 7.58. The average molecular weight is 415 g/mol. The number of aryl methyl sites for hydroxylation is 3. The van der Waals surface area contributed by atoms with Crippen molar-refractivity contribution in [1.29, 1.82) is 0 Å². The summed E-state index contributed by atoms with van der Waals surface area (Å²) in [7, 11) is 0. The minimum Gasteiger partial charge on any atom is -0.480 e. The number of rotatable bonds is 9. The lowest BCUT2D eigenvalue weighted by atomic mass is 10.0. The second-order valence-corrected chi connectivity index (χ2v) is 7.75. The van der Waals surface area contributed by atoms with Crippen molar-refractivity contribution in [3.05, 3.63) is 102 Å². The van der Waals surface area contributed by atoms with E-state index in [4.69, 9.17) is 4.42 Å². The molecule has 1 unspecified atom stereocenters. The van der Waals surface area contributed by atoms with Crippen LogP contribution in [0, 0.1) is 6.92 Å². The smallest absolute Gasteiger partial charge is 0.327 e. The summed E-state index contributed by atoms with van der Waals surface area (Å²) in [5.74, 6) is 0.727. The maximum Gasteiger partial charge on any atom is 0.327 e. The van der Waals surface area contributed by atoms with E-state index >= 15 is 0 Å². The van der Waals surface area contributed by atoms with Crippen LogP contribution in [-0.4, -0.2) is 20.6 Å². The zero-order valence-electron chi connectivity index (χ0n) is 17.6. The minimum atomic E-state index is -0.821. The SMILES string of the molecule is Cc1oc(-c2ccccc2)nc1CCCc1ccc(CC(C(=O)O)n2cccc2)cc1. The summed E-state index contributed by atoms with van der Waals surface area (Å²) in [5, 5.41) is 9.55. The Morgan fingerprint density at radius 2 is 1.65 bits per heavy atom. The predicted molar refractivity (Wildman–Crippen MR) is 120 cm³/mol. The Bertz CT molecular complexity index is 1110. The number of hydrogen-bond donors (Lipinski definition) is 1. The van der Waals surface area contributed by atoms with Crippen LogP contribution >= 0.6 is 0 Å². The van der Waals surface area contributed by atoms with Crippen LogP contribution in [0.15, 0.2) is 83.5 Å². The molecule has 4 rings (SSSR count). The summed E-state index contributed by atoms with van der Waals surface area (Å²) >= 11 is 0. The molecule has 2 aromatic carbocycles. The molecule has 31 heavy (non-hydrogen) atoms. The predicted octanol–water partition coefficient (Wildman–Crippen LogP) is 5.50. The van der Waals surface area contributed by atoms with Gasteiger partial charge in [-0.3, -0.25) is 0 Å². The molecule has 0 bridgehead atoms. The Hall–Kier alpha value is -3.60. The molecule has 0 radical (unpaired) electrons. The zero-order valence-corrected chi connectivity index (χ0v) is 17.6. The fourth-order valence-electron chi connectivity index (χ4n) is 3.77. The first-order valence-corrected chi connectivity index (χ1v) is 10.5. The highest BCUT2D eigenvalue weighted by Gasteiger charge is 2.19. The molecule has 0 saturated heterocycles. The molecule has 0 saturated carbocycles. The van der Waals surface area contributed by atoms with Crippen LogP contribution < -0.4 is 0 Å². The van der Waals surface area contributed by atoms with E-state index in [0.29, 0.717) is 12.3 Å². The van der Waals surface area contributed by atoms with Gasteiger partial charge < -0.3 is 14.1 Å². The van der Waals surface area contributed by atoms with Crippen molar-refractivity contribution in [3.63, 3.8) is 0 Å². The average Bonchev–Trinajstić information content (AvgIpc) is 3.44. The molecule has 0 aliphatic carbocycles. The lowest BCUT2D eigenvalue weighted by molar-refractivity contribution is -0.140. The number of hydrogen-bond acceptors (Lipinski definition) is 3. The fourth-order valence-corrected chi connectivity index (χ4v) is 3.77. The Morgan fingerprint density at radius 3 is 2.32 bits per heavy atom. The number of benzene rings is 2. The lowest BCUT2D eigenvalue weighted by Gasteiger charge is -2.14. The third kappa shape index (κ3) is 5.12. The van der Waals surface area contributed by atoms with E-state index in [0.717, 1.165) is 41.8 Å². The second kappa shape index (κ2) is 9.47. The summed E-state index contributed by atoms with van der Waals surface area (Å²) in [6, 6.07) is 21.3. The highest BCUT2D eigenvalue weighted by atomic mass is 16.4. The number of aliphatic carboxylic acids is 1. The minimum absolute atomic E-state index is 0.463. The quantitative estimate of drug-likeness (QED) is 0.393. The van der Waals surface area contributed by atoms with Gasteiger partial charge >= 0.3 is 5.97 Å². The van der Waals surface area contributed by atoms with E-state index in [9.17, 15) is 9.90 Å². The van der Waals surface area contributed by atoms with E-state index in [1.807, 2.05) is 61.5 Å². The van der Waals surface area contributed by atoms with Crippen molar-refractivity contribution in [2.45, 2.75) is 38.6 Å². The third-order valence-electron chi connectivity index (χ3n) is 5.52. The van der Waals surface area contributed by atoms with Gasteiger partial charge in [0.1, 0.15) is 11.8 Å². The van der Waals surface area contributed by atoms with Crippen LogP contribution in [0.5, 0.6) is 0 Å². The van der Waals surface area contributed by atoms with Gasteiger partial charge in [-0.1, -0.05) is 42.5 Å². The Labute approximate surface area is 182 Å². The van der Waals surface area contributed by atoms with E-state index in [1.165, 1.54) is 5.56 Å². The molecular formula is C26H26N2O3.